The van der Waals surface area contributed by atoms with Crippen LogP contribution in [0.4, 0.5) is 0 Å². The Balaban J connectivity index is 2.42. The molecule has 0 radical (unpaired) electrons. The van der Waals surface area contributed by atoms with Crippen LogP contribution in [-0.2, 0) is 5.88 Å². The summed E-state index contributed by atoms with van der Waals surface area (Å²) in [6, 6.07) is 9.93. The molecule has 0 N–H and O–H groups in total. The maximum atomic E-state index is 5.68. The van der Waals surface area contributed by atoms with Gasteiger partial charge in [-0.2, -0.15) is 0 Å². The molecular weight excluding hydrogens is 196 g/mol. The van der Waals surface area contributed by atoms with Crippen LogP contribution in [0.1, 0.15) is 5.69 Å². The molecular formula is C11H9ClN2. The minimum Gasteiger partial charge on any atom is -0.261 e. The third-order valence-electron chi connectivity index (χ3n) is 1.89. The molecule has 1 aromatic carbocycles. The molecule has 0 fully saturated rings. The van der Waals surface area contributed by atoms with E-state index in [0.29, 0.717) is 5.88 Å². The summed E-state index contributed by atoms with van der Waals surface area (Å²) in [7, 11) is 0. The van der Waals surface area contributed by atoms with E-state index in [1.807, 2.05) is 30.3 Å². The summed E-state index contributed by atoms with van der Waals surface area (Å²) in [4.78, 5) is 8.45. The minimum atomic E-state index is 0.397. The van der Waals surface area contributed by atoms with Gasteiger partial charge in [-0.15, -0.1) is 11.6 Å². The first-order chi connectivity index (χ1) is 6.90. The van der Waals surface area contributed by atoms with Crippen LogP contribution in [0.5, 0.6) is 0 Å². The van der Waals surface area contributed by atoms with Gasteiger partial charge >= 0.3 is 0 Å². The fraction of sp³-hybridized carbons (Fsp3) is 0.0909. The van der Waals surface area contributed by atoms with Crippen molar-refractivity contribution in [2.24, 2.45) is 0 Å². The molecule has 0 bridgehead atoms. The van der Waals surface area contributed by atoms with E-state index in [-0.39, 0.29) is 0 Å². The smallest absolute Gasteiger partial charge is 0.0889 e. The molecule has 2 aromatic rings. The topological polar surface area (TPSA) is 25.8 Å². The van der Waals surface area contributed by atoms with E-state index in [0.717, 1.165) is 17.0 Å². The van der Waals surface area contributed by atoms with Crippen molar-refractivity contribution in [1.29, 1.82) is 0 Å². The normalized spacial score (nSPS) is 10.1. The highest BCUT2D eigenvalue weighted by molar-refractivity contribution is 6.16. The molecule has 0 aliphatic carbocycles. The number of hydrogen-bond donors (Lipinski definition) is 0. The Morgan fingerprint density at radius 3 is 2.57 bits per heavy atom. The van der Waals surface area contributed by atoms with Crippen LogP contribution in [0.2, 0.25) is 0 Å². The summed E-state index contributed by atoms with van der Waals surface area (Å²) in [5.41, 5.74) is 2.73. The molecule has 3 heteroatoms. The second-order valence-electron chi connectivity index (χ2n) is 2.90. The monoisotopic (exact) mass is 204 g/mol. The third-order valence-corrected chi connectivity index (χ3v) is 2.16. The van der Waals surface area contributed by atoms with Crippen LogP contribution in [0, 0.1) is 0 Å². The van der Waals surface area contributed by atoms with Gasteiger partial charge in [0.05, 0.1) is 23.5 Å². The number of halogens is 1. The third kappa shape index (κ3) is 1.91. The van der Waals surface area contributed by atoms with Crippen molar-refractivity contribution in [3.63, 3.8) is 0 Å². The summed E-state index contributed by atoms with van der Waals surface area (Å²) in [5, 5.41) is 0. The van der Waals surface area contributed by atoms with E-state index in [1.54, 1.807) is 12.4 Å². The van der Waals surface area contributed by atoms with E-state index in [9.17, 15) is 0 Å². The van der Waals surface area contributed by atoms with Crippen LogP contribution < -0.4 is 0 Å². The van der Waals surface area contributed by atoms with Gasteiger partial charge < -0.3 is 0 Å². The molecule has 2 nitrogen and oxygen atoms in total. The number of benzene rings is 1. The first-order valence-corrected chi connectivity index (χ1v) is 4.86. The summed E-state index contributed by atoms with van der Waals surface area (Å²) >= 11 is 5.68. The van der Waals surface area contributed by atoms with E-state index >= 15 is 0 Å². The molecule has 70 valence electrons. The molecule has 0 aliphatic heterocycles. The van der Waals surface area contributed by atoms with Crippen molar-refractivity contribution in [3.8, 4) is 11.3 Å². The predicted octanol–water partition coefficient (Wildman–Crippen LogP) is 2.88. The lowest BCUT2D eigenvalue weighted by atomic mass is 10.2. The Morgan fingerprint density at radius 2 is 1.86 bits per heavy atom. The van der Waals surface area contributed by atoms with Crippen LogP contribution in [-0.4, -0.2) is 9.97 Å². The van der Waals surface area contributed by atoms with Crippen molar-refractivity contribution < 1.29 is 0 Å². The van der Waals surface area contributed by atoms with Crippen molar-refractivity contribution >= 4 is 11.6 Å². The minimum absolute atomic E-state index is 0.397. The maximum Gasteiger partial charge on any atom is 0.0889 e. The number of rotatable bonds is 2. The van der Waals surface area contributed by atoms with Gasteiger partial charge in [0.25, 0.3) is 0 Å². The van der Waals surface area contributed by atoms with Crippen molar-refractivity contribution in [2.75, 3.05) is 0 Å². The van der Waals surface area contributed by atoms with Crippen molar-refractivity contribution in [1.82, 2.24) is 9.97 Å². The lowest BCUT2D eigenvalue weighted by Crippen LogP contribution is -1.90. The molecule has 0 aliphatic rings. The standard InChI is InChI=1S/C11H9ClN2/c12-6-10-7-13-8-11(14-10)9-4-2-1-3-5-9/h1-5,7-8H,6H2. The van der Waals surface area contributed by atoms with Crippen molar-refractivity contribution in [3.05, 3.63) is 48.4 Å². The highest BCUT2D eigenvalue weighted by atomic mass is 35.5. The van der Waals surface area contributed by atoms with Gasteiger partial charge in [0.1, 0.15) is 0 Å². The molecule has 0 unspecified atom stereocenters. The summed E-state index contributed by atoms with van der Waals surface area (Å²) in [6.45, 7) is 0. The molecule has 0 spiro atoms. The first kappa shape index (κ1) is 9.16. The molecule has 14 heavy (non-hydrogen) atoms. The lowest BCUT2D eigenvalue weighted by molar-refractivity contribution is 1.10. The van der Waals surface area contributed by atoms with Gasteiger partial charge in [-0.05, 0) is 0 Å². The van der Waals surface area contributed by atoms with Crippen LogP contribution in [0.25, 0.3) is 11.3 Å². The highest BCUT2D eigenvalue weighted by Gasteiger charge is 1.99. The Morgan fingerprint density at radius 1 is 1.07 bits per heavy atom. The second-order valence-corrected chi connectivity index (χ2v) is 3.16. The summed E-state index contributed by atoms with van der Waals surface area (Å²) < 4.78 is 0. The largest absolute Gasteiger partial charge is 0.261 e. The number of nitrogens with zero attached hydrogens (tertiary/aromatic N) is 2. The van der Waals surface area contributed by atoms with Crippen LogP contribution >= 0.6 is 11.6 Å². The van der Waals surface area contributed by atoms with Gasteiger partial charge in [-0.25, -0.2) is 4.98 Å². The fourth-order valence-corrected chi connectivity index (χ4v) is 1.35. The summed E-state index contributed by atoms with van der Waals surface area (Å²) in [6.07, 6.45) is 3.42. The van der Waals surface area contributed by atoms with E-state index in [4.69, 9.17) is 11.6 Å². The van der Waals surface area contributed by atoms with Gasteiger partial charge in [-0.3, -0.25) is 4.98 Å². The molecule has 1 aromatic heterocycles. The average Bonchev–Trinajstić information content (AvgIpc) is 2.30. The first-order valence-electron chi connectivity index (χ1n) is 4.32. The van der Waals surface area contributed by atoms with Gasteiger partial charge in [-0.1, -0.05) is 30.3 Å². The molecule has 1 heterocycles. The van der Waals surface area contributed by atoms with Crippen molar-refractivity contribution in [2.45, 2.75) is 5.88 Å². The average molecular weight is 205 g/mol. The Bertz CT molecular complexity index is 415. The van der Waals surface area contributed by atoms with Gasteiger partial charge in [0.15, 0.2) is 0 Å². The quantitative estimate of drug-likeness (QED) is 0.703. The molecule has 0 saturated carbocycles. The highest BCUT2D eigenvalue weighted by Crippen LogP contribution is 2.15. The zero-order valence-electron chi connectivity index (χ0n) is 7.52. The zero-order chi connectivity index (χ0) is 9.80. The van der Waals surface area contributed by atoms with Gasteiger partial charge in [0.2, 0.25) is 0 Å². The fourth-order valence-electron chi connectivity index (χ4n) is 1.22. The van der Waals surface area contributed by atoms with Crippen LogP contribution in [0.15, 0.2) is 42.7 Å². The Labute approximate surface area is 87.6 Å². The van der Waals surface area contributed by atoms with Crippen LogP contribution in [0.3, 0.4) is 0 Å². The Hall–Kier alpha value is -1.41. The SMILES string of the molecule is ClCc1cncc(-c2ccccc2)n1. The van der Waals surface area contributed by atoms with E-state index in [2.05, 4.69) is 9.97 Å². The van der Waals surface area contributed by atoms with E-state index in [1.165, 1.54) is 0 Å². The lowest BCUT2D eigenvalue weighted by Gasteiger charge is -2.00. The molecule has 0 amide bonds. The summed E-state index contributed by atoms with van der Waals surface area (Å²) in [5.74, 6) is 0.397. The number of aromatic nitrogens is 2. The van der Waals surface area contributed by atoms with E-state index < -0.39 is 0 Å². The molecule has 2 rings (SSSR count). The Kier molecular flexibility index (Phi) is 2.75. The molecule has 0 atom stereocenters. The number of hydrogen-bond acceptors (Lipinski definition) is 2. The number of alkyl halides is 1. The maximum absolute atomic E-state index is 5.68. The predicted molar refractivity (Wildman–Crippen MR) is 57.0 cm³/mol. The van der Waals surface area contributed by atoms with Gasteiger partial charge in [0, 0.05) is 11.8 Å². The molecule has 0 saturated heterocycles. The zero-order valence-corrected chi connectivity index (χ0v) is 8.28. The second kappa shape index (κ2) is 4.20.